The van der Waals surface area contributed by atoms with Crippen LogP contribution in [-0.4, -0.2) is 27.0 Å². The van der Waals surface area contributed by atoms with Gasteiger partial charge in [0.1, 0.15) is 18.7 Å². The van der Waals surface area contributed by atoms with Crippen LogP contribution < -0.4 is 14.2 Å². The molecule has 0 radical (unpaired) electrons. The Morgan fingerprint density at radius 2 is 1.91 bits per heavy atom. The number of rotatable bonds is 4. The van der Waals surface area contributed by atoms with Crippen molar-refractivity contribution < 1.29 is 14.2 Å². The maximum atomic E-state index is 5.77. The smallest absolute Gasteiger partial charge is 0.231 e. The molecule has 1 aromatic heterocycles. The van der Waals surface area contributed by atoms with Gasteiger partial charge >= 0.3 is 0 Å². The summed E-state index contributed by atoms with van der Waals surface area (Å²) in [6.07, 6.45) is 1.54. The van der Waals surface area contributed by atoms with Gasteiger partial charge in [-0.25, -0.2) is 4.68 Å². The van der Waals surface area contributed by atoms with Gasteiger partial charge in [0.25, 0.3) is 0 Å². The van der Waals surface area contributed by atoms with E-state index in [1.54, 1.807) is 11.0 Å². The molecular weight excluding hydrogens is 284 g/mol. The van der Waals surface area contributed by atoms with Crippen molar-refractivity contribution in [2.24, 2.45) is 0 Å². The first kappa shape index (κ1) is 12.6. The summed E-state index contributed by atoms with van der Waals surface area (Å²) in [7, 11) is 0. The van der Waals surface area contributed by atoms with Crippen molar-refractivity contribution >= 4 is 0 Å². The minimum atomic E-state index is 0.276. The van der Waals surface area contributed by atoms with Gasteiger partial charge in [-0.3, -0.25) is 0 Å². The van der Waals surface area contributed by atoms with Crippen molar-refractivity contribution in [1.82, 2.24) is 20.2 Å². The van der Waals surface area contributed by atoms with Gasteiger partial charge < -0.3 is 14.2 Å². The van der Waals surface area contributed by atoms with E-state index < -0.39 is 0 Å². The third kappa shape index (κ3) is 2.44. The second-order valence-electron chi connectivity index (χ2n) is 4.72. The number of ether oxygens (including phenoxy) is 3. The number of fused-ring (bicyclic) bond motifs is 1. The second kappa shape index (κ2) is 5.36. The minimum Gasteiger partial charge on any atom is -0.489 e. The Balaban J connectivity index is 1.43. The number of aromatic nitrogens is 4. The summed E-state index contributed by atoms with van der Waals surface area (Å²) in [5.74, 6) is 2.30. The van der Waals surface area contributed by atoms with E-state index in [1.165, 1.54) is 0 Å². The van der Waals surface area contributed by atoms with E-state index >= 15 is 0 Å². The summed E-state index contributed by atoms with van der Waals surface area (Å²) in [6.45, 7) is 0.735. The van der Waals surface area contributed by atoms with Crippen molar-refractivity contribution in [1.29, 1.82) is 0 Å². The maximum absolute atomic E-state index is 5.77. The van der Waals surface area contributed by atoms with E-state index in [1.807, 2.05) is 42.5 Å². The van der Waals surface area contributed by atoms with Crippen LogP contribution in [0.4, 0.5) is 0 Å². The van der Waals surface area contributed by atoms with Crippen molar-refractivity contribution in [2.45, 2.75) is 6.61 Å². The van der Waals surface area contributed by atoms with Gasteiger partial charge in [0, 0.05) is 0 Å². The zero-order valence-corrected chi connectivity index (χ0v) is 11.5. The van der Waals surface area contributed by atoms with Crippen molar-refractivity contribution in [3.63, 3.8) is 0 Å². The average Bonchev–Trinajstić information content (AvgIpc) is 3.24. The number of hydrogen-bond acceptors (Lipinski definition) is 6. The quantitative estimate of drug-likeness (QED) is 0.733. The zero-order chi connectivity index (χ0) is 14.8. The van der Waals surface area contributed by atoms with Crippen LogP contribution in [0.25, 0.3) is 5.69 Å². The first-order valence-electron chi connectivity index (χ1n) is 6.73. The Bertz CT molecular complexity index is 772. The molecule has 0 N–H and O–H groups in total. The van der Waals surface area contributed by atoms with E-state index in [2.05, 4.69) is 15.5 Å². The van der Waals surface area contributed by atoms with E-state index in [9.17, 15) is 0 Å². The number of tetrazole rings is 1. The molecule has 7 heteroatoms. The fourth-order valence-corrected chi connectivity index (χ4v) is 2.17. The van der Waals surface area contributed by atoms with Crippen molar-refractivity contribution in [3.8, 4) is 22.9 Å². The molecule has 0 fully saturated rings. The third-order valence-corrected chi connectivity index (χ3v) is 3.29. The van der Waals surface area contributed by atoms with Gasteiger partial charge in [-0.2, -0.15) is 0 Å². The molecule has 0 saturated heterocycles. The maximum Gasteiger partial charge on any atom is 0.231 e. The lowest BCUT2D eigenvalue weighted by molar-refractivity contribution is 0.174. The molecule has 1 aliphatic rings. The first-order chi connectivity index (χ1) is 10.9. The number of nitrogens with zero attached hydrogens (tertiary/aromatic N) is 4. The average molecular weight is 296 g/mol. The summed E-state index contributed by atoms with van der Waals surface area (Å²) in [6, 6.07) is 13.3. The van der Waals surface area contributed by atoms with E-state index in [4.69, 9.17) is 14.2 Å². The SMILES string of the molecule is c1cc2c(cc1COc1ccc(-n3cnnn3)cc1)OCO2. The Morgan fingerprint density at radius 3 is 2.73 bits per heavy atom. The largest absolute Gasteiger partial charge is 0.489 e. The van der Waals surface area contributed by atoms with Gasteiger partial charge in [0.15, 0.2) is 11.5 Å². The zero-order valence-electron chi connectivity index (χ0n) is 11.5. The van der Waals surface area contributed by atoms with Crippen LogP contribution in [0.1, 0.15) is 5.56 Å². The molecule has 2 heterocycles. The molecule has 2 aromatic carbocycles. The van der Waals surface area contributed by atoms with E-state index in [0.717, 1.165) is 28.5 Å². The minimum absolute atomic E-state index is 0.276. The second-order valence-corrected chi connectivity index (χ2v) is 4.72. The molecule has 0 bridgehead atoms. The lowest BCUT2D eigenvalue weighted by Gasteiger charge is -2.08. The Morgan fingerprint density at radius 1 is 1.05 bits per heavy atom. The van der Waals surface area contributed by atoms with Crippen LogP contribution in [0.5, 0.6) is 17.2 Å². The Hall–Kier alpha value is -3.09. The lowest BCUT2D eigenvalue weighted by atomic mass is 10.2. The predicted octanol–water partition coefficient (Wildman–Crippen LogP) is 1.97. The van der Waals surface area contributed by atoms with Crippen LogP contribution in [0, 0.1) is 0 Å². The lowest BCUT2D eigenvalue weighted by Crippen LogP contribution is -1.97. The monoisotopic (exact) mass is 296 g/mol. The number of hydrogen-bond donors (Lipinski definition) is 0. The van der Waals surface area contributed by atoms with Gasteiger partial charge in [-0.05, 0) is 52.4 Å². The molecule has 0 spiro atoms. The highest BCUT2D eigenvalue weighted by Crippen LogP contribution is 2.32. The molecule has 0 saturated carbocycles. The summed E-state index contributed by atoms with van der Waals surface area (Å²) < 4.78 is 18.0. The summed E-state index contributed by atoms with van der Waals surface area (Å²) in [5.41, 5.74) is 1.90. The standard InChI is InChI=1S/C15H12N4O3/c1-6-14-15(22-10-21-14)7-11(1)8-20-13-4-2-12(3-5-13)19-9-16-17-18-19/h1-7,9H,8,10H2. The van der Waals surface area contributed by atoms with Crippen molar-refractivity contribution in [3.05, 3.63) is 54.4 Å². The van der Waals surface area contributed by atoms with Gasteiger partial charge in [-0.15, -0.1) is 5.10 Å². The van der Waals surface area contributed by atoms with Crippen molar-refractivity contribution in [2.75, 3.05) is 6.79 Å². The summed E-state index contributed by atoms with van der Waals surface area (Å²) in [5, 5.41) is 11.0. The normalized spacial score (nSPS) is 12.4. The fourth-order valence-electron chi connectivity index (χ4n) is 2.17. The molecule has 22 heavy (non-hydrogen) atoms. The molecule has 4 rings (SSSR count). The predicted molar refractivity (Wildman–Crippen MR) is 76.1 cm³/mol. The van der Waals surface area contributed by atoms with Gasteiger partial charge in [0.05, 0.1) is 5.69 Å². The summed E-state index contributed by atoms with van der Waals surface area (Å²) >= 11 is 0. The van der Waals surface area contributed by atoms with Crippen LogP contribution in [0.3, 0.4) is 0 Å². The van der Waals surface area contributed by atoms with Crippen LogP contribution in [0.2, 0.25) is 0 Å². The highest BCUT2D eigenvalue weighted by Gasteiger charge is 2.13. The van der Waals surface area contributed by atoms with Crippen LogP contribution in [0.15, 0.2) is 48.8 Å². The Kier molecular flexibility index (Phi) is 3.08. The van der Waals surface area contributed by atoms with Crippen LogP contribution >= 0.6 is 0 Å². The highest BCUT2D eigenvalue weighted by atomic mass is 16.7. The van der Waals surface area contributed by atoms with E-state index in [-0.39, 0.29) is 6.79 Å². The molecular formula is C15H12N4O3. The molecule has 1 aliphatic heterocycles. The molecule has 110 valence electrons. The molecule has 3 aromatic rings. The molecule has 0 atom stereocenters. The molecule has 7 nitrogen and oxygen atoms in total. The Labute approximate surface area is 126 Å². The highest BCUT2D eigenvalue weighted by molar-refractivity contribution is 5.44. The molecule has 0 aliphatic carbocycles. The van der Waals surface area contributed by atoms with E-state index in [0.29, 0.717) is 6.61 Å². The first-order valence-corrected chi connectivity index (χ1v) is 6.73. The van der Waals surface area contributed by atoms with Crippen LogP contribution in [-0.2, 0) is 6.61 Å². The third-order valence-electron chi connectivity index (χ3n) is 3.29. The number of benzene rings is 2. The summed E-state index contributed by atoms with van der Waals surface area (Å²) in [4.78, 5) is 0. The topological polar surface area (TPSA) is 71.3 Å². The molecule has 0 unspecified atom stereocenters. The van der Waals surface area contributed by atoms with Gasteiger partial charge in [0.2, 0.25) is 6.79 Å². The molecule has 0 amide bonds. The fraction of sp³-hybridized carbons (Fsp3) is 0.133. The van der Waals surface area contributed by atoms with Gasteiger partial charge in [-0.1, -0.05) is 6.07 Å².